The number of fused-ring (bicyclic) bond motifs is 3. The minimum Gasteiger partial charge on any atom is -0.480 e. The highest BCUT2D eigenvalue weighted by molar-refractivity contribution is 5.83. The van der Waals surface area contributed by atoms with Crippen LogP contribution in [0.25, 0.3) is 11.1 Å². The number of alkyl carbamates (subject to hydrolysis) is 1. The van der Waals surface area contributed by atoms with E-state index in [0.29, 0.717) is 19.4 Å². The van der Waals surface area contributed by atoms with Gasteiger partial charge in [-0.1, -0.05) is 75.2 Å². The van der Waals surface area contributed by atoms with Crippen molar-refractivity contribution in [1.82, 2.24) is 10.6 Å². The van der Waals surface area contributed by atoms with Gasteiger partial charge in [-0.3, -0.25) is 4.79 Å². The Bertz CT molecular complexity index is 961. The highest BCUT2D eigenvalue weighted by Gasteiger charge is 2.29. The molecule has 0 spiro atoms. The van der Waals surface area contributed by atoms with Crippen molar-refractivity contribution in [3.8, 4) is 11.1 Å². The second kappa shape index (κ2) is 12.2. The van der Waals surface area contributed by atoms with E-state index in [1.54, 1.807) is 0 Å². The van der Waals surface area contributed by atoms with Gasteiger partial charge in [0.25, 0.3) is 0 Å². The fourth-order valence-electron chi connectivity index (χ4n) is 4.32. The lowest BCUT2D eigenvalue weighted by atomic mass is 9.98. The summed E-state index contributed by atoms with van der Waals surface area (Å²) in [6.07, 6.45) is 2.31. The van der Waals surface area contributed by atoms with Crippen molar-refractivity contribution in [2.75, 3.05) is 13.2 Å². The number of carbonyl (C=O) groups excluding carboxylic acids is 2. The Hall–Kier alpha value is -3.35. The van der Waals surface area contributed by atoms with Crippen LogP contribution in [0.3, 0.4) is 0 Å². The van der Waals surface area contributed by atoms with Crippen molar-refractivity contribution in [3.63, 3.8) is 0 Å². The maximum absolute atomic E-state index is 12.3. The molecule has 3 rings (SSSR count). The van der Waals surface area contributed by atoms with Gasteiger partial charge in [0.1, 0.15) is 12.6 Å². The van der Waals surface area contributed by atoms with Crippen molar-refractivity contribution in [2.24, 2.45) is 5.92 Å². The van der Waals surface area contributed by atoms with Gasteiger partial charge in [-0.2, -0.15) is 0 Å². The summed E-state index contributed by atoms with van der Waals surface area (Å²) in [5.41, 5.74) is 4.68. The van der Waals surface area contributed by atoms with Crippen LogP contribution in [0.15, 0.2) is 48.5 Å². The summed E-state index contributed by atoms with van der Waals surface area (Å²) < 4.78 is 5.54. The third-order valence-corrected chi connectivity index (χ3v) is 6.28. The first-order valence-corrected chi connectivity index (χ1v) is 12.0. The van der Waals surface area contributed by atoms with Gasteiger partial charge in [0.15, 0.2) is 0 Å². The number of carboxylic acids is 1. The number of hydrogen-bond donors (Lipinski definition) is 3. The molecule has 2 aromatic rings. The number of carboxylic acid groups (broad SMARTS) is 1. The summed E-state index contributed by atoms with van der Waals surface area (Å²) in [4.78, 5) is 35.7. The van der Waals surface area contributed by atoms with E-state index in [1.807, 2.05) is 38.1 Å². The molecular weight excluding hydrogens is 432 g/mol. The number of rotatable bonds is 12. The second-order valence-corrected chi connectivity index (χ2v) is 8.95. The highest BCUT2D eigenvalue weighted by atomic mass is 16.5. The number of hydrogen-bond acceptors (Lipinski definition) is 4. The van der Waals surface area contributed by atoms with Crippen LogP contribution in [-0.2, 0) is 14.3 Å². The predicted molar refractivity (Wildman–Crippen MR) is 131 cm³/mol. The Labute approximate surface area is 200 Å². The van der Waals surface area contributed by atoms with Gasteiger partial charge in [-0.15, -0.1) is 0 Å². The molecule has 1 unspecified atom stereocenters. The summed E-state index contributed by atoms with van der Waals surface area (Å²) in [7, 11) is 0. The van der Waals surface area contributed by atoms with E-state index in [9.17, 15) is 19.5 Å². The highest BCUT2D eigenvalue weighted by Crippen LogP contribution is 2.44. The normalized spacial score (nSPS) is 13.9. The van der Waals surface area contributed by atoms with E-state index in [-0.39, 0.29) is 30.8 Å². The van der Waals surface area contributed by atoms with Crippen molar-refractivity contribution >= 4 is 18.0 Å². The third kappa shape index (κ3) is 6.59. The van der Waals surface area contributed by atoms with Crippen molar-refractivity contribution in [3.05, 3.63) is 59.7 Å². The number of unbranched alkanes of at least 4 members (excludes halogenated alkanes) is 1. The average molecular weight is 467 g/mol. The lowest BCUT2D eigenvalue weighted by Gasteiger charge is -2.17. The van der Waals surface area contributed by atoms with E-state index < -0.39 is 18.1 Å². The van der Waals surface area contributed by atoms with Gasteiger partial charge in [0.2, 0.25) is 5.91 Å². The lowest BCUT2D eigenvalue weighted by Crippen LogP contribution is -2.41. The molecule has 7 nitrogen and oxygen atoms in total. The van der Waals surface area contributed by atoms with E-state index in [4.69, 9.17) is 4.74 Å². The van der Waals surface area contributed by atoms with Crippen LogP contribution in [0.2, 0.25) is 0 Å². The third-order valence-electron chi connectivity index (χ3n) is 6.28. The molecule has 0 saturated carbocycles. The predicted octanol–water partition coefficient (Wildman–Crippen LogP) is 4.70. The molecule has 1 aliphatic carbocycles. The maximum Gasteiger partial charge on any atom is 0.407 e. The fraction of sp³-hybridized carbons (Fsp3) is 0.444. The van der Waals surface area contributed by atoms with Crippen LogP contribution >= 0.6 is 0 Å². The molecule has 2 amide bonds. The summed E-state index contributed by atoms with van der Waals surface area (Å²) in [5, 5.41) is 14.6. The van der Waals surface area contributed by atoms with Crippen LogP contribution in [0, 0.1) is 5.92 Å². The topological polar surface area (TPSA) is 105 Å². The molecule has 182 valence electrons. The number of amides is 2. The first-order valence-electron chi connectivity index (χ1n) is 12.0. The SMILES string of the molecule is CCCC[C@H](NC(=O)CCC(C)CNC(=O)OCC1c2ccccc2-c2ccccc21)C(=O)O. The largest absolute Gasteiger partial charge is 0.480 e. The molecule has 0 aromatic heterocycles. The minimum atomic E-state index is -1.01. The lowest BCUT2D eigenvalue weighted by molar-refractivity contribution is -0.142. The molecule has 0 radical (unpaired) electrons. The molecular formula is C27H34N2O5. The molecule has 2 aromatic carbocycles. The number of benzene rings is 2. The molecule has 0 bridgehead atoms. The van der Waals surface area contributed by atoms with Crippen LogP contribution in [-0.4, -0.2) is 42.3 Å². The molecule has 3 N–H and O–H groups in total. The van der Waals surface area contributed by atoms with E-state index in [0.717, 1.165) is 24.0 Å². The molecule has 0 aliphatic heterocycles. The average Bonchev–Trinajstić information content (AvgIpc) is 3.16. The molecule has 7 heteroatoms. The Morgan fingerprint density at radius 2 is 1.62 bits per heavy atom. The Morgan fingerprint density at radius 1 is 1.00 bits per heavy atom. The first kappa shape index (κ1) is 25.3. The van der Waals surface area contributed by atoms with Gasteiger partial charge in [-0.05, 0) is 41.0 Å². The number of nitrogens with one attached hydrogen (secondary N) is 2. The van der Waals surface area contributed by atoms with Crippen LogP contribution in [0.5, 0.6) is 0 Å². The Kier molecular flexibility index (Phi) is 9.08. The first-order chi connectivity index (χ1) is 16.4. The smallest absolute Gasteiger partial charge is 0.407 e. The quantitative estimate of drug-likeness (QED) is 0.421. The van der Waals surface area contributed by atoms with Gasteiger partial charge in [0.05, 0.1) is 0 Å². The zero-order valence-corrected chi connectivity index (χ0v) is 19.9. The molecule has 0 heterocycles. The van der Waals surface area contributed by atoms with E-state index in [2.05, 4.69) is 34.9 Å². The zero-order chi connectivity index (χ0) is 24.5. The number of carbonyl (C=O) groups is 3. The van der Waals surface area contributed by atoms with Gasteiger partial charge in [0, 0.05) is 18.9 Å². The summed E-state index contributed by atoms with van der Waals surface area (Å²) in [5.74, 6) is -1.23. The fourth-order valence-corrected chi connectivity index (χ4v) is 4.32. The van der Waals surface area contributed by atoms with Crippen molar-refractivity contribution < 1.29 is 24.2 Å². The molecule has 0 fully saturated rings. The van der Waals surface area contributed by atoms with Crippen LogP contribution < -0.4 is 10.6 Å². The second-order valence-electron chi connectivity index (χ2n) is 8.95. The van der Waals surface area contributed by atoms with Crippen molar-refractivity contribution in [2.45, 2.75) is 57.9 Å². The summed E-state index contributed by atoms with van der Waals surface area (Å²) in [6, 6.07) is 15.5. The molecule has 2 atom stereocenters. The van der Waals surface area contributed by atoms with Crippen LogP contribution in [0.1, 0.15) is 63.0 Å². The monoisotopic (exact) mass is 466 g/mol. The maximum atomic E-state index is 12.3. The van der Waals surface area contributed by atoms with Gasteiger partial charge >= 0.3 is 12.1 Å². The molecule has 0 saturated heterocycles. The summed E-state index contributed by atoms with van der Waals surface area (Å²) >= 11 is 0. The van der Waals surface area contributed by atoms with Gasteiger partial charge in [-0.25, -0.2) is 9.59 Å². The van der Waals surface area contributed by atoms with Gasteiger partial charge < -0.3 is 20.5 Å². The Morgan fingerprint density at radius 3 is 2.21 bits per heavy atom. The van der Waals surface area contributed by atoms with Crippen LogP contribution in [0.4, 0.5) is 4.79 Å². The zero-order valence-electron chi connectivity index (χ0n) is 19.9. The van der Waals surface area contributed by atoms with Crippen molar-refractivity contribution in [1.29, 1.82) is 0 Å². The molecule has 1 aliphatic rings. The molecule has 34 heavy (non-hydrogen) atoms. The summed E-state index contributed by atoms with van der Waals surface area (Å²) in [6.45, 7) is 4.54. The number of aliphatic carboxylic acids is 1. The minimum absolute atomic E-state index is 0.00848. The van der Waals surface area contributed by atoms with E-state index >= 15 is 0 Å². The Balaban J connectivity index is 1.41. The number of ether oxygens (including phenoxy) is 1. The van der Waals surface area contributed by atoms with E-state index in [1.165, 1.54) is 11.1 Å². The standard InChI is InChI=1S/C27H34N2O5/c1-3-4-13-24(26(31)32)29-25(30)15-14-18(2)16-28-27(33)34-17-23-21-11-7-5-9-19(21)20-10-6-8-12-22(20)23/h5-12,18,23-24H,3-4,13-17H2,1-2H3,(H,28,33)(H,29,30)(H,31,32)/t18?,24-/m0/s1.